The molecule has 1 saturated heterocycles. The van der Waals surface area contributed by atoms with E-state index in [1.54, 1.807) is 16.2 Å². The van der Waals surface area contributed by atoms with Gasteiger partial charge in [0.25, 0.3) is 5.91 Å². The Labute approximate surface area is 180 Å². The van der Waals surface area contributed by atoms with Gasteiger partial charge in [-0.15, -0.1) is 11.3 Å². The van der Waals surface area contributed by atoms with E-state index in [1.807, 2.05) is 49.6 Å². The Bertz CT molecular complexity index is 953. The zero-order chi connectivity index (χ0) is 21.3. The fourth-order valence-corrected chi connectivity index (χ4v) is 5.09. The number of benzene rings is 1. The van der Waals surface area contributed by atoms with Crippen molar-refractivity contribution in [3.63, 3.8) is 0 Å². The van der Waals surface area contributed by atoms with Crippen molar-refractivity contribution in [3.8, 4) is 10.4 Å². The predicted molar refractivity (Wildman–Crippen MR) is 118 cm³/mol. The van der Waals surface area contributed by atoms with E-state index in [4.69, 9.17) is 0 Å². The maximum absolute atomic E-state index is 13.3. The molecule has 1 aromatic carbocycles. The van der Waals surface area contributed by atoms with Crippen molar-refractivity contribution < 1.29 is 14.4 Å². The topological polar surface area (TPSA) is 78.5 Å². The van der Waals surface area contributed by atoms with Gasteiger partial charge in [-0.3, -0.25) is 14.4 Å². The highest BCUT2D eigenvalue weighted by molar-refractivity contribution is 7.13. The van der Waals surface area contributed by atoms with Crippen molar-refractivity contribution >= 4 is 34.7 Å². The van der Waals surface area contributed by atoms with Crippen molar-refractivity contribution in [1.82, 2.24) is 10.2 Å². The first-order chi connectivity index (χ1) is 14.5. The number of fused-ring (bicyclic) bond motifs is 2. The largest absolute Gasteiger partial charge is 0.353 e. The van der Waals surface area contributed by atoms with Gasteiger partial charge in [0.1, 0.15) is 6.04 Å². The van der Waals surface area contributed by atoms with Crippen LogP contribution in [0.15, 0.2) is 35.7 Å². The second-order valence-corrected chi connectivity index (χ2v) is 8.93. The van der Waals surface area contributed by atoms with Crippen LogP contribution in [0.2, 0.25) is 0 Å². The molecule has 2 N–H and O–H groups in total. The molecular formula is C23H27N3O3S. The summed E-state index contributed by atoms with van der Waals surface area (Å²) in [5.74, 6) is -0.279. The van der Waals surface area contributed by atoms with Gasteiger partial charge in [-0.2, -0.15) is 0 Å². The number of carbonyl (C=O) groups is 3. The van der Waals surface area contributed by atoms with Crippen LogP contribution < -0.4 is 10.6 Å². The number of thiophene rings is 1. The molecule has 6 nitrogen and oxygen atoms in total. The molecule has 7 heteroatoms. The zero-order valence-corrected chi connectivity index (χ0v) is 18.1. The summed E-state index contributed by atoms with van der Waals surface area (Å²) in [4.78, 5) is 41.5. The molecule has 1 aromatic heterocycles. The SMILES string of the molecule is CCC(CC)C(=O)N[C@H]1CCN2C(=O)c3cc(-c4cccs4)ccc3NC(=O)[C@@H]2C1. The van der Waals surface area contributed by atoms with Gasteiger partial charge in [0, 0.05) is 23.4 Å². The lowest BCUT2D eigenvalue weighted by atomic mass is 9.94. The Balaban J connectivity index is 1.55. The summed E-state index contributed by atoms with van der Waals surface area (Å²) in [5.41, 5.74) is 2.05. The quantitative estimate of drug-likeness (QED) is 0.763. The van der Waals surface area contributed by atoms with E-state index in [1.165, 1.54) is 0 Å². The number of anilines is 1. The first-order valence-corrected chi connectivity index (χ1v) is 11.5. The normalized spacial score (nSPS) is 21.0. The van der Waals surface area contributed by atoms with E-state index in [0.29, 0.717) is 30.6 Å². The van der Waals surface area contributed by atoms with Crippen LogP contribution in [0.25, 0.3) is 10.4 Å². The molecule has 0 radical (unpaired) electrons. The lowest BCUT2D eigenvalue weighted by Gasteiger charge is -2.37. The van der Waals surface area contributed by atoms with E-state index >= 15 is 0 Å². The summed E-state index contributed by atoms with van der Waals surface area (Å²) in [6.07, 6.45) is 2.69. The van der Waals surface area contributed by atoms with Crippen LogP contribution in [0, 0.1) is 5.92 Å². The first-order valence-electron chi connectivity index (χ1n) is 10.6. The summed E-state index contributed by atoms with van der Waals surface area (Å²) >= 11 is 1.62. The highest BCUT2D eigenvalue weighted by Gasteiger charge is 2.40. The molecule has 0 spiro atoms. The monoisotopic (exact) mass is 425 g/mol. The number of hydrogen-bond acceptors (Lipinski definition) is 4. The van der Waals surface area contributed by atoms with E-state index < -0.39 is 6.04 Å². The summed E-state index contributed by atoms with van der Waals surface area (Å²) in [6, 6.07) is 8.94. The lowest BCUT2D eigenvalue weighted by Crippen LogP contribution is -2.55. The number of amides is 3. The number of carbonyl (C=O) groups excluding carboxylic acids is 3. The van der Waals surface area contributed by atoms with E-state index in [9.17, 15) is 14.4 Å². The Morgan fingerprint density at radius 1 is 1.27 bits per heavy atom. The van der Waals surface area contributed by atoms with Crippen LogP contribution in [-0.2, 0) is 9.59 Å². The fourth-order valence-electron chi connectivity index (χ4n) is 4.36. The lowest BCUT2D eigenvalue weighted by molar-refractivity contribution is -0.127. The summed E-state index contributed by atoms with van der Waals surface area (Å²) in [5, 5.41) is 8.04. The summed E-state index contributed by atoms with van der Waals surface area (Å²) in [6.45, 7) is 4.47. The Kier molecular flexibility index (Phi) is 5.90. The third kappa shape index (κ3) is 3.86. The molecule has 2 aliphatic rings. The average molecular weight is 426 g/mol. The van der Waals surface area contributed by atoms with Gasteiger partial charge in [-0.1, -0.05) is 26.0 Å². The molecule has 2 atom stereocenters. The molecule has 30 heavy (non-hydrogen) atoms. The van der Waals surface area contributed by atoms with Gasteiger partial charge in [0.15, 0.2) is 0 Å². The summed E-state index contributed by atoms with van der Waals surface area (Å²) in [7, 11) is 0. The van der Waals surface area contributed by atoms with Crippen molar-refractivity contribution in [2.75, 3.05) is 11.9 Å². The second-order valence-electron chi connectivity index (χ2n) is 7.98. The van der Waals surface area contributed by atoms with E-state index in [2.05, 4.69) is 10.6 Å². The van der Waals surface area contributed by atoms with Crippen molar-refractivity contribution in [2.45, 2.75) is 51.6 Å². The van der Waals surface area contributed by atoms with Crippen LogP contribution in [0.4, 0.5) is 5.69 Å². The molecule has 4 rings (SSSR count). The minimum Gasteiger partial charge on any atom is -0.353 e. The van der Waals surface area contributed by atoms with Crippen LogP contribution in [0.1, 0.15) is 49.9 Å². The van der Waals surface area contributed by atoms with Gasteiger partial charge in [0.05, 0.1) is 11.3 Å². The molecule has 3 amide bonds. The molecule has 0 aliphatic carbocycles. The van der Waals surface area contributed by atoms with Crippen molar-refractivity contribution in [3.05, 3.63) is 41.3 Å². The summed E-state index contributed by atoms with van der Waals surface area (Å²) < 4.78 is 0. The molecule has 2 aromatic rings. The van der Waals surface area contributed by atoms with Crippen LogP contribution in [0.3, 0.4) is 0 Å². The highest BCUT2D eigenvalue weighted by Crippen LogP contribution is 2.33. The van der Waals surface area contributed by atoms with Gasteiger partial charge >= 0.3 is 0 Å². The number of rotatable bonds is 5. The molecule has 0 bridgehead atoms. The molecular weight excluding hydrogens is 398 g/mol. The van der Waals surface area contributed by atoms with Gasteiger partial charge in [-0.05, 0) is 54.8 Å². The van der Waals surface area contributed by atoms with Crippen molar-refractivity contribution in [1.29, 1.82) is 0 Å². The molecule has 2 aliphatic heterocycles. The van der Waals surface area contributed by atoms with Gasteiger partial charge in [-0.25, -0.2) is 0 Å². The smallest absolute Gasteiger partial charge is 0.256 e. The number of nitrogens with zero attached hydrogens (tertiary/aromatic N) is 1. The number of piperidine rings is 1. The molecule has 3 heterocycles. The predicted octanol–water partition coefficient (Wildman–Crippen LogP) is 3.89. The maximum Gasteiger partial charge on any atom is 0.256 e. The Hall–Kier alpha value is -2.67. The second kappa shape index (κ2) is 8.60. The minimum absolute atomic E-state index is 0.00690. The van der Waals surface area contributed by atoms with Crippen LogP contribution >= 0.6 is 11.3 Å². The Morgan fingerprint density at radius 2 is 2.07 bits per heavy atom. The average Bonchev–Trinajstić information content (AvgIpc) is 3.26. The highest BCUT2D eigenvalue weighted by atomic mass is 32.1. The molecule has 0 saturated carbocycles. The van der Waals surface area contributed by atoms with Gasteiger partial charge < -0.3 is 15.5 Å². The third-order valence-corrected chi connectivity index (χ3v) is 7.10. The molecule has 158 valence electrons. The number of nitrogens with one attached hydrogen (secondary N) is 2. The zero-order valence-electron chi connectivity index (χ0n) is 17.3. The van der Waals surface area contributed by atoms with Gasteiger partial charge in [0.2, 0.25) is 11.8 Å². The minimum atomic E-state index is -0.573. The van der Waals surface area contributed by atoms with Crippen molar-refractivity contribution in [2.24, 2.45) is 5.92 Å². The number of hydrogen-bond donors (Lipinski definition) is 2. The molecule has 1 fully saturated rings. The van der Waals surface area contributed by atoms with E-state index in [0.717, 1.165) is 23.3 Å². The Morgan fingerprint density at radius 3 is 2.77 bits per heavy atom. The van der Waals surface area contributed by atoms with Crippen LogP contribution in [0.5, 0.6) is 0 Å². The third-order valence-electron chi connectivity index (χ3n) is 6.18. The maximum atomic E-state index is 13.3. The first kappa shape index (κ1) is 20.6. The molecule has 0 unspecified atom stereocenters. The standard InChI is InChI=1S/C23H27N3O3S/c1-3-14(4-2)21(27)24-16-9-10-26-19(13-16)22(28)25-18-8-7-15(12-17(18)23(26)29)20-6-5-11-30-20/h5-8,11-12,14,16,19H,3-4,9-10,13H2,1-2H3,(H,24,27)(H,25,28)/t16-,19-/m0/s1. The van der Waals surface area contributed by atoms with E-state index in [-0.39, 0.29) is 29.7 Å². The van der Waals surface area contributed by atoms with Crippen LogP contribution in [-0.4, -0.2) is 41.2 Å². The fraction of sp³-hybridized carbons (Fsp3) is 0.435.